The normalized spacial score (nSPS) is 11.0. The van der Waals surface area contributed by atoms with Crippen LogP contribution in [0.5, 0.6) is 0 Å². The molecule has 0 fully saturated rings. The molecule has 0 saturated heterocycles. The van der Waals surface area contributed by atoms with E-state index in [2.05, 4.69) is 5.32 Å². The van der Waals surface area contributed by atoms with E-state index in [1.807, 2.05) is 0 Å². The number of anilines is 1. The SMILES string of the molecule is O=C(CS(=O)(=O)c1ccc(Cl)cc1)Nc1cccc([N+](=O)[O-])c1. The minimum Gasteiger partial charge on any atom is -0.325 e. The first-order valence-electron chi connectivity index (χ1n) is 6.30. The van der Waals surface area contributed by atoms with Gasteiger partial charge in [-0.3, -0.25) is 14.9 Å². The second-order valence-electron chi connectivity index (χ2n) is 4.57. The largest absolute Gasteiger partial charge is 0.325 e. The number of nitrogens with one attached hydrogen (secondary N) is 1. The van der Waals surface area contributed by atoms with E-state index in [9.17, 15) is 23.3 Å². The number of hydrogen-bond acceptors (Lipinski definition) is 5. The Labute approximate surface area is 137 Å². The van der Waals surface area contributed by atoms with Crippen LogP contribution in [0, 0.1) is 10.1 Å². The number of non-ortho nitro benzene ring substituents is 1. The van der Waals surface area contributed by atoms with Crippen LogP contribution in [0.4, 0.5) is 11.4 Å². The molecule has 9 heteroatoms. The lowest BCUT2D eigenvalue weighted by Crippen LogP contribution is -2.23. The topological polar surface area (TPSA) is 106 Å². The third-order valence-corrected chi connectivity index (χ3v) is 4.72. The molecule has 2 aromatic rings. The van der Waals surface area contributed by atoms with Crippen molar-refractivity contribution in [2.45, 2.75) is 4.90 Å². The summed E-state index contributed by atoms with van der Waals surface area (Å²) in [5.41, 5.74) is -0.0566. The molecule has 0 aromatic heterocycles. The molecule has 0 aliphatic rings. The highest BCUT2D eigenvalue weighted by molar-refractivity contribution is 7.92. The zero-order valence-corrected chi connectivity index (χ0v) is 13.2. The number of rotatable bonds is 5. The van der Waals surface area contributed by atoms with Crippen LogP contribution in [0.15, 0.2) is 53.4 Å². The number of amides is 1. The fourth-order valence-corrected chi connectivity index (χ4v) is 3.05. The fourth-order valence-electron chi connectivity index (χ4n) is 1.79. The molecule has 120 valence electrons. The Morgan fingerprint density at radius 1 is 1.17 bits per heavy atom. The molecule has 1 N–H and O–H groups in total. The van der Waals surface area contributed by atoms with Crippen LogP contribution in [0.2, 0.25) is 5.02 Å². The molecule has 7 nitrogen and oxygen atoms in total. The Morgan fingerprint density at radius 2 is 1.83 bits per heavy atom. The van der Waals surface area contributed by atoms with Gasteiger partial charge in [0.15, 0.2) is 9.84 Å². The molecule has 2 aromatic carbocycles. The summed E-state index contributed by atoms with van der Waals surface area (Å²) in [6.07, 6.45) is 0. The molecular formula is C14H11ClN2O5S. The lowest BCUT2D eigenvalue weighted by Gasteiger charge is -2.06. The smallest absolute Gasteiger partial charge is 0.271 e. The molecule has 23 heavy (non-hydrogen) atoms. The van der Waals surface area contributed by atoms with Crippen molar-refractivity contribution in [3.8, 4) is 0 Å². The molecule has 1 amide bonds. The first kappa shape index (κ1) is 16.9. The third kappa shape index (κ3) is 4.51. The number of nitrogens with zero attached hydrogens (tertiary/aromatic N) is 1. The van der Waals surface area contributed by atoms with Crippen LogP contribution in [0.25, 0.3) is 0 Å². The van der Waals surface area contributed by atoms with Crippen LogP contribution in [-0.2, 0) is 14.6 Å². The average molecular weight is 355 g/mol. The highest BCUT2D eigenvalue weighted by atomic mass is 35.5. The quantitative estimate of drug-likeness (QED) is 0.656. The molecule has 0 aliphatic heterocycles. The number of benzene rings is 2. The van der Waals surface area contributed by atoms with E-state index < -0.39 is 26.4 Å². The van der Waals surface area contributed by atoms with Crippen molar-refractivity contribution in [2.24, 2.45) is 0 Å². The molecule has 0 radical (unpaired) electrons. The van der Waals surface area contributed by atoms with Gasteiger partial charge in [-0.2, -0.15) is 0 Å². The Kier molecular flexibility index (Phi) is 4.97. The van der Waals surface area contributed by atoms with Crippen molar-refractivity contribution in [1.29, 1.82) is 0 Å². The standard InChI is InChI=1S/C14H11ClN2O5S/c15-10-4-6-13(7-5-10)23(21,22)9-14(18)16-11-2-1-3-12(8-11)17(19)20/h1-8H,9H2,(H,16,18). The van der Waals surface area contributed by atoms with Crippen LogP contribution in [-0.4, -0.2) is 25.0 Å². The van der Waals surface area contributed by atoms with Gasteiger partial charge in [-0.05, 0) is 30.3 Å². The number of hydrogen-bond donors (Lipinski definition) is 1. The summed E-state index contributed by atoms with van der Waals surface area (Å²) in [6, 6.07) is 10.7. The van der Waals surface area contributed by atoms with Crippen molar-refractivity contribution >= 4 is 38.7 Å². The van der Waals surface area contributed by atoms with Gasteiger partial charge in [0.1, 0.15) is 5.75 Å². The lowest BCUT2D eigenvalue weighted by molar-refractivity contribution is -0.384. The van der Waals surface area contributed by atoms with E-state index in [4.69, 9.17) is 11.6 Å². The summed E-state index contributed by atoms with van der Waals surface area (Å²) >= 11 is 5.69. The van der Waals surface area contributed by atoms with Crippen LogP contribution >= 0.6 is 11.6 Å². The van der Waals surface area contributed by atoms with Gasteiger partial charge in [-0.1, -0.05) is 17.7 Å². The number of halogens is 1. The molecule has 0 atom stereocenters. The lowest BCUT2D eigenvalue weighted by atomic mass is 10.3. The highest BCUT2D eigenvalue weighted by Gasteiger charge is 2.19. The van der Waals surface area contributed by atoms with E-state index in [1.165, 1.54) is 42.5 Å². The van der Waals surface area contributed by atoms with E-state index in [-0.39, 0.29) is 16.3 Å². The molecule has 0 heterocycles. The molecule has 0 saturated carbocycles. The molecule has 0 unspecified atom stereocenters. The summed E-state index contributed by atoms with van der Waals surface area (Å²) in [5.74, 6) is -1.57. The van der Waals surface area contributed by atoms with Gasteiger partial charge >= 0.3 is 0 Å². The van der Waals surface area contributed by atoms with Crippen molar-refractivity contribution in [2.75, 3.05) is 11.1 Å². The van der Waals surface area contributed by atoms with Gasteiger partial charge in [0.05, 0.1) is 9.82 Å². The van der Waals surface area contributed by atoms with Gasteiger partial charge in [0.2, 0.25) is 5.91 Å². The molecule has 0 aliphatic carbocycles. The number of carbonyl (C=O) groups is 1. The monoisotopic (exact) mass is 354 g/mol. The highest BCUT2D eigenvalue weighted by Crippen LogP contribution is 2.18. The summed E-state index contributed by atoms with van der Waals surface area (Å²) < 4.78 is 24.2. The summed E-state index contributed by atoms with van der Waals surface area (Å²) in [6.45, 7) is 0. The third-order valence-electron chi connectivity index (χ3n) is 2.83. The molecule has 2 rings (SSSR count). The number of carbonyl (C=O) groups excluding carboxylic acids is 1. The molecular weight excluding hydrogens is 344 g/mol. The zero-order valence-electron chi connectivity index (χ0n) is 11.6. The van der Waals surface area contributed by atoms with Crippen molar-refractivity contribution in [3.05, 3.63) is 63.7 Å². The molecule has 0 spiro atoms. The number of nitro benzene ring substituents is 1. The molecule has 0 bridgehead atoms. The maximum atomic E-state index is 12.1. The minimum absolute atomic E-state index is 0.0314. The van der Waals surface area contributed by atoms with Gasteiger partial charge in [-0.25, -0.2) is 8.42 Å². The second kappa shape index (κ2) is 6.76. The van der Waals surface area contributed by atoms with Crippen LogP contribution in [0.3, 0.4) is 0 Å². The van der Waals surface area contributed by atoms with E-state index in [0.29, 0.717) is 5.02 Å². The average Bonchev–Trinajstić information content (AvgIpc) is 2.47. The van der Waals surface area contributed by atoms with E-state index >= 15 is 0 Å². The maximum absolute atomic E-state index is 12.1. The van der Waals surface area contributed by atoms with Crippen molar-refractivity contribution in [1.82, 2.24) is 0 Å². The number of sulfone groups is 1. The maximum Gasteiger partial charge on any atom is 0.271 e. The van der Waals surface area contributed by atoms with Gasteiger partial charge in [0, 0.05) is 22.8 Å². The zero-order chi connectivity index (χ0) is 17.0. The Hall–Kier alpha value is -2.45. The second-order valence-corrected chi connectivity index (χ2v) is 6.99. The van der Waals surface area contributed by atoms with E-state index in [1.54, 1.807) is 0 Å². The van der Waals surface area contributed by atoms with Crippen LogP contribution < -0.4 is 5.32 Å². The van der Waals surface area contributed by atoms with Crippen molar-refractivity contribution < 1.29 is 18.1 Å². The first-order chi connectivity index (χ1) is 10.8. The van der Waals surface area contributed by atoms with Gasteiger partial charge in [0.25, 0.3) is 5.69 Å². The minimum atomic E-state index is -3.83. The van der Waals surface area contributed by atoms with Crippen molar-refractivity contribution in [3.63, 3.8) is 0 Å². The predicted molar refractivity (Wildman–Crippen MR) is 85.2 cm³/mol. The number of nitro groups is 1. The summed E-state index contributed by atoms with van der Waals surface area (Å²) in [4.78, 5) is 21.9. The van der Waals surface area contributed by atoms with Gasteiger partial charge < -0.3 is 5.32 Å². The fraction of sp³-hybridized carbons (Fsp3) is 0.0714. The Bertz CT molecular complexity index is 850. The van der Waals surface area contributed by atoms with E-state index in [0.717, 1.165) is 6.07 Å². The van der Waals surface area contributed by atoms with Crippen LogP contribution in [0.1, 0.15) is 0 Å². The summed E-state index contributed by atoms with van der Waals surface area (Å²) in [5, 5.41) is 13.4. The van der Waals surface area contributed by atoms with Gasteiger partial charge in [-0.15, -0.1) is 0 Å². The summed E-state index contributed by atoms with van der Waals surface area (Å²) in [7, 11) is -3.83. The Morgan fingerprint density at radius 3 is 2.43 bits per heavy atom. The first-order valence-corrected chi connectivity index (χ1v) is 8.33. The predicted octanol–water partition coefficient (Wildman–Crippen LogP) is 2.66. The Balaban J connectivity index is 2.11.